The van der Waals surface area contributed by atoms with E-state index in [1.807, 2.05) is 0 Å². The fourth-order valence-electron chi connectivity index (χ4n) is 3.71. The highest BCUT2D eigenvalue weighted by atomic mass is 19.3. The van der Waals surface area contributed by atoms with Gasteiger partial charge in [-0.2, -0.15) is 8.78 Å². The minimum Gasteiger partial charge on any atom is -0.493 e. The van der Waals surface area contributed by atoms with Crippen LogP contribution in [-0.2, 0) is 21.4 Å². The molecule has 1 aliphatic heterocycles. The number of methoxy groups -OCH3 is 1. The second-order valence-corrected chi connectivity index (χ2v) is 7.07. The molecular weight excluding hydrogens is 399 g/mol. The summed E-state index contributed by atoms with van der Waals surface area (Å²) in [5.41, 5.74) is 0.475. The number of carbonyl (C=O) groups is 1. The van der Waals surface area contributed by atoms with Crippen LogP contribution in [0.15, 0.2) is 42.5 Å². The van der Waals surface area contributed by atoms with Gasteiger partial charge in [-0.05, 0) is 54.7 Å². The van der Waals surface area contributed by atoms with Gasteiger partial charge in [0.1, 0.15) is 5.82 Å². The Kier molecular flexibility index (Phi) is 7.20. The van der Waals surface area contributed by atoms with E-state index in [2.05, 4.69) is 10.1 Å². The van der Waals surface area contributed by atoms with Crippen molar-refractivity contribution in [2.45, 2.75) is 31.3 Å². The van der Waals surface area contributed by atoms with Crippen LogP contribution in [0.3, 0.4) is 0 Å². The molecule has 5 nitrogen and oxygen atoms in total. The van der Waals surface area contributed by atoms with Gasteiger partial charge in [0.2, 0.25) is 5.91 Å². The summed E-state index contributed by atoms with van der Waals surface area (Å²) in [6.07, 6.45) is 1.32. The smallest absolute Gasteiger partial charge is 0.387 e. The van der Waals surface area contributed by atoms with Gasteiger partial charge in [-0.3, -0.25) is 4.79 Å². The molecule has 0 spiro atoms. The van der Waals surface area contributed by atoms with Crippen LogP contribution in [0.1, 0.15) is 24.0 Å². The Balaban J connectivity index is 1.69. The van der Waals surface area contributed by atoms with Crippen LogP contribution in [0.5, 0.6) is 11.5 Å². The zero-order valence-electron chi connectivity index (χ0n) is 16.6. The SMILES string of the molecule is COc1ccc(CCNC(=O)C2(c3cccc(F)c3)CCOCC2)cc1OC(F)F. The van der Waals surface area contributed by atoms with Gasteiger partial charge in [-0.1, -0.05) is 18.2 Å². The summed E-state index contributed by atoms with van der Waals surface area (Å²) < 4.78 is 53.9. The minimum atomic E-state index is -2.96. The molecule has 3 rings (SSSR count). The van der Waals surface area contributed by atoms with E-state index in [1.54, 1.807) is 24.3 Å². The zero-order chi connectivity index (χ0) is 21.6. The van der Waals surface area contributed by atoms with Crippen LogP contribution in [0.2, 0.25) is 0 Å². The first-order valence-electron chi connectivity index (χ1n) is 9.68. The molecule has 8 heteroatoms. The van der Waals surface area contributed by atoms with Crippen molar-refractivity contribution in [2.24, 2.45) is 0 Å². The van der Waals surface area contributed by atoms with Crippen molar-refractivity contribution in [3.63, 3.8) is 0 Å². The molecular formula is C22H24F3NO4. The third-order valence-corrected chi connectivity index (χ3v) is 5.30. The van der Waals surface area contributed by atoms with E-state index < -0.39 is 17.8 Å². The molecule has 0 radical (unpaired) electrons. The van der Waals surface area contributed by atoms with Crippen molar-refractivity contribution in [3.8, 4) is 11.5 Å². The molecule has 2 aromatic rings. The topological polar surface area (TPSA) is 56.8 Å². The molecule has 1 heterocycles. The highest BCUT2D eigenvalue weighted by Crippen LogP contribution is 2.35. The lowest BCUT2D eigenvalue weighted by molar-refractivity contribution is -0.130. The molecule has 1 fully saturated rings. The molecule has 1 amide bonds. The van der Waals surface area contributed by atoms with E-state index in [-0.39, 0.29) is 24.0 Å². The van der Waals surface area contributed by atoms with Crippen molar-refractivity contribution in [1.29, 1.82) is 0 Å². The van der Waals surface area contributed by atoms with Crippen LogP contribution >= 0.6 is 0 Å². The van der Waals surface area contributed by atoms with E-state index in [9.17, 15) is 18.0 Å². The summed E-state index contributed by atoms with van der Waals surface area (Å²) in [6.45, 7) is -1.85. The molecule has 0 bridgehead atoms. The van der Waals surface area contributed by atoms with Crippen molar-refractivity contribution in [1.82, 2.24) is 5.32 Å². The summed E-state index contributed by atoms with van der Waals surface area (Å²) in [5.74, 6) is -0.447. The highest BCUT2D eigenvalue weighted by molar-refractivity contribution is 5.88. The Morgan fingerprint density at radius 1 is 1.17 bits per heavy atom. The molecule has 0 aromatic heterocycles. The van der Waals surface area contributed by atoms with E-state index >= 15 is 0 Å². The quantitative estimate of drug-likeness (QED) is 0.701. The predicted octanol–water partition coefficient (Wildman–Crippen LogP) is 3.84. The Morgan fingerprint density at radius 2 is 1.93 bits per heavy atom. The summed E-state index contributed by atoms with van der Waals surface area (Å²) in [5, 5.41) is 2.91. The van der Waals surface area contributed by atoms with Gasteiger partial charge in [0.25, 0.3) is 0 Å². The van der Waals surface area contributed by atoms with E-state index in [4.69, 9.17) is 9.47 Å². The molecule has 2 aromatic carbocycles. The third-order valence-electron chi connectivity index (χ3n) is 5.30. The lowest BCUT2D eigenvalue weighted by Gasteiger charge is -2.36. The number of hydrogen-bond donors (Lipinski definition) is 1. The Labute approximate surface area is 173 Å². The Bertz CT molecular complexity index is 869. The minimum absolute atomic E-state index is 0.0583. The number of amides is 1. The number of nitrogens with one attached hydrogen (secondary N) is 1. The fourth-order valence-corrected chi connectivity index (χ4v) is 3.71. The predicted molar refractivity (Wildman–Crippen MR) is 104 cm³/mol. The van der Waals surface area contributed by atoms with Crippen LogP contribution in [0.4, 0.5) is 13.2 Å². The van der Waals surface area contributed by atoms with Gasteiger partial charge in [0.15, 0.2) is 11.5 Å². The van der Waals surface area contributed by atoms with Crippen LogP contribution in [0, 0.1) is 5.82 Å². The first kappa shape index (κ1) is 22.0. The zero-order valence-corrected chi connectivity index (χ0v) is 16.6. The second-order valence-electron chi connectivity index (χ2n) is 7.07. The average Bonchev–Trinajstić information content (AvgIpc) is 2.74. The van der Waals surface area contributed by atoms with Crippen LogP contribution in [-0.4, -0.2) is 39.4 Å². The standard InChI is InChI=1S/C22H24F3NO4/c1-28-18-6-5-15(13-19(18)30-21(24)25)7-10-26-20(27)22(8-11-29-12-9-22)16-3-2-4-17(23)14-16/h2-6,13-14,21H,7-12H2,1H3,(H,26,27). The maximum absolute atomic E-state index is 13.8. The molecule has 0 saturated carbocycles. The molecule has 0 unspecified atom stereocenters. The van der Waals surface area contributed by atoms with Crippen molar-refractivity contribution >= 4 is 5.91 Å². The van der Waals surface area contributed by atoms with Crippen LogP contribution in [0.25, 0.3) is 0 Å². The summed E-state index contributed by atoms with van der Waals surface area (Å²) in [6, 6.07) is 10.8. The van der Waals surface area contributed by atoms with Gasteiger partial charge < -0.3 is 19.5 Å². The number of hydrogen-bond acceptors (Lipinski definition) is 4. The third kappa shape index (κ3) is 5.05. The van der Waals surface area contributed by atoms with Crippen molar-refractivity contribution < 1.29 is 32.2 Å². The van der Waals surface area contributed by atoms with Gasteiger partial charge in [0, 0.05) is 19.8 Å². The lowest BCUT2D eigenvalue weighted by atomic mass is 9.73. The molecule has 1 aliphatic rings. The highest BCUT2D eigenvalue weighted by Gasteiger charge is 2.41. The number of ether oxygens (including phenoxy) is 3. The monoisotopic (exact) mass is 423 g/mol. The first-order chi connectivity index (χ1) is 14.4. The molecule has 0 atom stereocenters. The van der Waals surface area contributed by atoms with Crippen molar-refractivity contribution in [3.05, 3.63) is 59.4 Å². The average molecular weight is 423 g/mol. The molecule has 1 N–H and O–H groups in total. The Hall–Kier alpha value is -2.74. The van der Waals surface area contributed by atoms with E-state index in [1.165, 1.54) is 25.3 Å². The fraction of sp³-hybridized carbons (Fsp3) is 0.409. The largest absolute Gasteiger partial charge is 0.493 e. The number of benzene rings is 2. The summed E-state index contributed by atoms with van der Waals surface area (Å²) in [7, 11) is 1.37. The number of halogens is 3. The van der Waals surface area contributed by atoms with Gasteiger partial charge in [0.05, 0.1) is 12.5 Å². The lowest BCUT2D eigenvalue weighted by Crippen LogP contribution is -2.48. The maximum Gasteiger partial charge on any atom is 0.387 e. The number of carbonyl (C=O) groups excluding carboxylic acids is 1. The summed E-state index contributed by atoms with van der Waals surface area (Å²) in [4.78, 5) is 13.1. The first-order valence-corrected chi connectivity index (χ1v) is 9.68. The van der Waals surface area contributed by atoms with Crippen LogP contribution < -0.4 is 14.8 Å². The van der Waals surface area contributed by atoms with Crippen molar-refractivity contribution in [2.75, 3.05) is 26.9 Å². The molecule has 162 valence electrons. The molecule has 0 aliphatic carbocycles. The second kappa shape index (κ2) is 9.84. The van der Waals surface area contributed by atoms with E-state index in [0.29, 0.717) is 43.6 Å². The van der Waals surface area contributed by atoms with E-state index in [0.717, 1.165) is 0 Å². The number of rotatable bonds is 8. The van der Waals surface area contributed by atoms with Gasteiger partial charge in [-0.15, -0.1) is 0 Å². The maximum atomic E-state index is 13.8. The number of alkyl halides is 2. The summed E-state index contributed by atoms with van der Waals surface area (Å²) >= 11 is 0. The molecule has 30 heavy (non-hydrogen) atoms. The molecule has 1 saturated heterocycles. The normalized spacial score (nSPS) is 15.6. The van der Waals surface area contributed by atoms with Gasteiger partial charge >= 0.3 is 6.61 Å². The Morgan fingerprint density at radius 3 is 2.60 bits per heavy atom. The van der Waals surface area contributed by atoms with Gasteiger partial charge in [-0.25, -0.2) is 4.39 Å².